The van der Waals surface area contributed by atoms with Crippen LogP contribution in [0.15, 0.2) is 48.5 Å². The summed E-state index contributed by atoms with van der Waals surface area (Å²) in [5, 5.41) is 14.3. The molecule has 1 amide bonds. The lowest BCUT2D eigenvalue weighted by Gasteiger charge is -2.36. The van der Waals surface area contributed by atoms with E-state index in [2.05, 4.69) is 26.1 Å². The fraction of sp³-hybridized carbons (Fsp3) is 0.548. The van der Waals surface area contributed by atoms with Crippen LogP contribution in [0.1, 0.15) is 70.0 Å². The third-order valence-corrected chi connectivity index (χ3v) is 8.28. The number of carbonyl (C=O) groups excluding carboxylic acids is 1. The van der Waals surface area contributed by atoms with Gasteiger partial charge in [0.25, 0.3) is 0 Å². The number of aliphatic carboxylic acids is 1. The first kappa shape index (κ1) is 28.0. The van der Waals surface area contributed by atoms with E-state index >= 15 is 0 Å². The molecule has 2 aromatic carbocycles. The zero-order chi connectivity index (χ0) is 27.4. The van der Waals surface area contributed by atoms with Crippen LogP contribution in [0.25, 0.3) is 0 Å². The first-order valence-corrected chi connectivity index (χ1v) is 13.7. The van der Waals surface area contributed by atoms with E-state index in [4.69, 9.17) is 9.47 Å². The Morgan fingerprint density at radius 1 is 0.974 bits per heavy atom. The summed E-state index contributed by atoms with van der Waals surface area (Å²) < 4.78 is 11.2. The Bertz CT molecular complexity index is 1110. The monoisotopic (exact) mass is 522 g/mol. The summed E-state index contributed by atoms with van der Waals surface area (Å²) in [5.41, 5.74) is 1.48. The van der Waals surface area contributed by atoms with Crippen LogP contribution in [0.3, 0.4) is 0 Å². The fourth-order valence-corrected chi connectivity index (χ4v) is 6.61. The number of hydrogen-bond acceptors (Lipinski definition) is 5. The van der Waals surface area contributed by atoms with Crippen molar-refractivity contribution >= 4 is 11.9 Å². The Labute approximate surface area is 226 Å². The minimum Gasteiger partial charge on any atom is -0.493 e. The molecule has 38 heavy (non-hydrogen) atoms. The highest BCUT2D eigenvalue weighted by molar-refractivity contribution is 5.87. The molecule has 0 spiro atoms. The van der Waals surface area contributed by atoms with Gasteiger partial charge < -0.3 is 24.8 Å². The molecule has 2 aliphatic rings. The Morgan fingerprint density at radius 3 is 2.24 bits per heavy atom. The van der Waals surface area contributed by atoms with Gasteiger partial charge in [0.1, 0.15) is 6.04 Å². The van der Waals surface area contributed by atoms with Crippen LogP contribution in [0.5, 0.6) is 11.5 Å². The van der Waals surface area contributed by atoms with E-state index in [-0.39, 0.29) is 29.2 Å². The Balaban J connectivity index is 1.80. The summed E-state index contributed by atoms with van der Waals surface area (Å²) in [6, 6.07) is 14.0. The summed E-state index contributed by atoms with van der Waals surface area (Å²) in [7, 11) is 3.23. The van der Waals surface area contributed by atoms with Crippen molar-refractivity contribution in [1.29, 1.82) is 0 Å². The van der Waals surface area contributed by atoms with Gasteiger partial charge in [-0.05, 0) is 29.9 Å². The number of hydrogen-bond donors (Lipinski definition) is 2. The van der Waals surface area contributed by atoms with Crippen molar-refractivity contribution in [1.82, 2.24) is 10.2 Å². The Hall–Kier alpha value is -3.06. The summed E-state index contributed by atoms with van der Waals surface area (Å²) in [5.74, 6) is -0.137. The number of benzene rings is 2. The van der Waals surface area contributed by atoms with Gasteiger partial charge in [-0.1, -0.05) is 82.5 Å². The van der Waals surface area contributed by atoms with E-state index in [0.29, 0.717) is 18.0 Å². The van der Waals surface area contributed by atoms with Crippen molar-refractivity contribution in [3.05, 3.63) is 59.7 Å². The van der Waals surface area contributed by atoms with Crippen LogP contribution in [0, 0.1) is 17.3 Å². The van der Waals surface area contributed by atoms with Crippen molar-refractivity contribution in [3.8, 4) is 11.5 Å². The molecule has 7 heteroatoms. The molecule has 206 valence electrons. The van der Waals surface area contributed by atoms with Crippen molar-refractivity contribution in [2.24, 2.45) is 17.3 Å². The zero-order valence-corrected chi connectivity index (χ0v) is 23.3. The van der Waals surface area contributed by atoms with E-state index in [1.54, 1.807) is 19.1 Å². The third-order valence-electron chi connectivity index (χ3n) is 8.28. The maximum atomic E-state index is 14.2. The molecule has 1 aliphatic carbocycles. The third kappa shape index (κ3) is 5.53. The van der Waals surface area contributed by atoms with Crippen molar-refractivity contribution in [3.63, 3.8) is 0 Å². The molecule has 2 N–H and O–H groups in total. The fourth-order valence-electron chi connectivity index (χ4n) is 6.61. The average Bonchev–Trinajstić information content (AvgIpc) is 3.28. The number of ether oxygens (including phenoxy) is 2. The highest BCUT2D eigenvalue weighted by Crippen LogP contribution is 2.49. The smallest absolute Gasteiger partial charge is 0.326 e. The van der Waals surface area contributed by atoms with Crippen LogP contribution in [0.4, 0.5) is 0 Å². The summed E-state index contributed by atoms with van der Waals surface area (Å²) >= 11 is 0. The zero-order valence-electron chi connectivity index (χ0n) is 23.3. The second-order valence-electron chi connectivity index (χ2n) is 11.7. The SMILES string of the molecule is COc1cccc(CN[C@@H]2[C@@H](C(C)(C)C)[C@H](C(=O)O)N(C(=O)C3CCCCC3)[C@@H]2c2ccccc2)c1OC. The molecule has 4 atom stereocenters. The highest BCUT2D eigenvalue weighted by Gasteiger charge is 2.58. The largest absolute Gasteiger partial charge is 0.493 e. The van der Waals surface area contributed by atoms with Crippen LogP contribution < -0.4 is 14.8 Å². The number of nitrogens with zero attached hydrogens (tertiary/aromatic N) is 1. The van der Waals surface area contributed by atoms with Gasteiger partial charge in [-0.25, -0.2) is 4.79 Å². The highest BCUT2D eigenvalue weighted by atomic mass is 16.5. The molecule has 2 fully saturated rings. The van der Waals surface area contributed by atoms with E-state index in [1.165, 1.54) is 0 Å². The second-order valence-corrected chi connectivity index (χ2v) is 11.7. The molecule has 1 aliphatic heterocycles. The van der Waals surface area contributed by atoms with Crippen molar-refractivity contribution in [2.45, 2.75) is 77.5 Å². The van der Waals surface area contributed by atoms with Crippen LogP contribution in [0.2, 0.25) is 0 Å². The maximum Gasteiger partial charge on any atom is 0.326 e. The summed E-state index contributed by atoms with van der Waals surface area (Å²) in [6.07, 6.45) is 4.80. The van der Waals surface area contributed by atoms with Gasteiger partial charge in [-0.2, -0.15) is 0 Å². The molecule has 0 unspecified atom stereocenters. The molecular formula is C31H42N2O5. The topological polar surface area (TPSA) is 88.1 Å². The van der Waals surface area contributed by atoms with Crippen LogP contribution >= 0.6 is 0 Å². The standard InChI is InChI=1S/C31H42N2O5/c1-31(2,3)24-25(32-19-22-17-12-18-23(37-4)28(22)38-5)26(20-13-8-6-9-14-20)33(27(24)30(35)36)29(34)21-15-10-7-11-16-21/h6,8-9,12-14,17-18,21,24-27,32H,7,10-11,15-16,19H2,1-5H3,(H,35,36)/t24-,25-,26-,27-/m1/s1. The number of nitrogens with one attached hydrogen (secondary N) is 1. The number of amides is 1. The molecule has 4 rings (SSSR count). The molecule has 1 saturated heterocycles. The first-order valence-electron chi connectivity index (χ1n) is 13.7. The van der Waals surface area contributed by atoms with Crippen molar-refractivity contribution in [2.75, 3.05) is 14.2 Å². The second kappa shape index (κ2) is 11.8. The summed E-state index contributed by atoms with van der Waals surface area (Å²) in [6.45, 7) is 6.67. The van der Waals surface area contributed by atoms with Gasteiger partial charge in [0.15, 0.2) is 11.5 Å². The van der Waals surface area contributed by atoms with Crippen LogP contribution in [-0.4, -0.2) is 48.2 Å². The Morgan fingerprint density at radius 2 is 1.66 bits per heavy atom. The van der Waals surface area contributed by atoms with Gasteiger partial charge in [-0.3, -0.25) is 4.79 Å². The number of carboxylic acids is 1. The average molecular weight is 523 g/mol. The number of likely N-dealkylation sites (tertiary alicyclic amines) is 1. The molecular weight excluding hydrogens is 480 g/mol. The van der Waals surface area contributed by atoms with E-state index < -0.39 is 18.1 Å². The lowest BCUT2D eigenvalue weighted by Crippen LogP contribution is -2.49. The Kier molecular flexibility index (Phi) is 8.66. The predicted octanol–water partition coefficient (Wildman–Crippen LogP) is 5.44. The van der Waals surface area contributed by atoms with Gasteiger partial charge >= 0.3 is 5.97 Å². The number of rotatable bonds is 8. The van der Waals surface area contributed by atoms with Gasteiger partial charge in [0.2, 0.25) is 5.91 Å². The molecule has 0 radical (unpaired) electrons. The van der Waals surface area contributed by atoms with Gasteiger partial charge in [0, 0.05) is 30.0 Å². The number of para-hydroxylation sites is 1. The lowest BCUT2D eigenvalue weighted by molar-refractivity contribution is -0.154. The molecule has 1 saturated carbocycles. The van der Waals surface area contributed by atoms with Crippen molar-refractivity contribution < 1.29 is 24.2 Å². The van der Waals surface area contributed by atoms with Crippen LogP contribution in [-0.2, 0) is 16.1 Å². The van der Waals surface area contributed by atoms with E-state index in [1.807, 2.05) is 48.5 Å². The number of carbonyl (C=O) groups is 2. The first-order chi connectivity index (χ1) is 18.2. The maximum absolute atomic E-state index is 14.2. The molecule has 7 nitrogen and oxygen atoms in total. The molecule has 0 aromatic heterocycles. The molecule has 0 bridgehead atoms. The number of methoxy groups -OCH3 is 2. The molecule has 2 aromatic rings. The minimum atomic E-state index is -0.946. The predicted molar refractivity (Wildman–Crippen MR) is 147 cm³/mol. The minimum absolute atomic E-state index is 0.0246. The molecule has 1 heterocycles. The quantitative estimate of drug-likeness (QED) is 0.480. The van der Waals surface area contributed by atoms with Gasteiger partial charge in [0.05, 0.1) is 20.3 Å². The van der Waals surface area contributed by atoms with E-state index in [9.17, 15) is 14.7 Å². The van der Waals surface area contributed by atoms with E-state index in [0.717, 1.165) is 43.2 Å². The normalized spacial score (nSPS) is 24.3. The van der Waals surface area contributed by atoms with Gasteiger partial charge in [-0.15, -0.1) is 0 Å². The number of carboxylic acid groups (broad SMARTS) is 1. The summed E-state index contributed by atoms with van der Waals surface area (Å²) in [4.78, 5) is 28.9. The lowest BCUT2D eigenvalue weighted by atomic mass is 9.72.